The van der Waals surface area contributed by atoms with E-state index in [-0.39, 0.29) is 23.6 Å². The molecule has 51 heavy (non-hydrogen) atoms. The van der Waals surface area contributed by atoms with Crippen LogP contribution in [0.3, 0.4) is 0 Å². The Balaban J connectivity index is 0.000000162. The van der Waals surface area contributed by atoms with Crippen LogP contribution < -0.4 is 9.80 Å². The zero-order valence-corrected chi connectivity index (χ0v) is 36.2. The molecule has 0 N–H and O–H groups in total. The van der Waals surface area contributed by atoms with Gasteiger partial charge in [-0.1, -0.05) is 54.7 Å². The zero-order valence-electron chi connectivity index (χ0n) is 32.7. The molecule has 5 heteroatoms. The summed E-state index contributed by atoms with van der Waals surface area (Å²) < 4.78 is 2.06. The molecule has 1 saturated heterocycles. The van der Waals surface area contributed by atoms with Crippen LogP contribution in [0.4, 0.5) is 11.4 Å². The van der Waals surface area contributed by atoms with E-state index >= 15 is 0 Å². The molecule has 1 heterocycles. The van der Waals surface area contributed by atoms with Gasteiger partial charge in [0.05, 0.1) is 17.0 Å². The van der Waals surface area contributed by atoms with E-state index in [1.54, 1.807) is 96.3 Å². The van der Waals surface area contributed by atoms with Crippen LogP contribution in [0.5, 0.6) is 0 Å². The Morgan fingerprint density at radius 3 is 1.25 bits per heavy atom. The summed E-state index contributed by atoms with van der Waals surface area (Å²) in [5.41, 5.74) is 15.7. The van der Waals surface area contributed by atoms with Gasteiger partial charge in [-0.05, 0) is 141 Å². The molecule has 0 spiro atoms. The summed E-state index contributed by atoms with van der Waals surface area (Å²) in [6.07, 6.45) is 23.8. The first-order valence-corrected chi connectivity index (χ1v) is 25.2. The molecule has 0 unspecified atom stereocenters. The summed E-state index contributed by atoms with van der Waals surface area (Å²) in [5.74, 6) is 0. The summed E-state index contributed by atoms with van der Waals surface area (Å²) in [6.45, 7) is 17.6. The predicted molar refractivity (Wildman–Crippen MR) is 227 cm³/mol. The van der Waals surface area contributed by atoms with E-state index in [0.717, 1.165) is 13.1 Å². The summed E-state index contributed by atoms with van der Waals surface area (Å²) in [7, 11) is 5.52. The predicted octanol–water partition coefficient (Wildman–Crippen LogP) is 13.3. The Morgan fingerprint density at radius 1 is 0.569 bits per heavy atom. The second-order valence-corrected chi connectivity index (χ2v) is 21.3. The third-order valence-corrected chi connectivity index (χ3v) is 17.7. The molecule has 4 aliphatic rings. The van der Waals surface area contributed by atoms with Gasteiger partial charge in [0.15, 0.2) is 0 Å². The van der Waals surface area contributed by atoms with Crippen molar-refractivity contribution in [3.63, 3.8) is 0 Å². The molecule has 7 rings (SSSR count). The van der Waals surface area contributed by atoms with Crippen LogP contribution >= 0.6 is 17.6 Å². The van der Waals surface area contributed by atoms with E-state index in [9.17, 15) is 0 Å². The van der Waals surface area contributed by atoms with Crippen molar-refractivity contribution in [1.82, 2.24) is 0 Å². The quantitative estimate of drug-likeness (QED) is 0.139. The standard InChI is InChI=1S/C21H27N2.C18H33P.C7H6.ClH.Ru/c1-14-9-16(3)20(17(4)10-14)22-7-8-23(13-22)21-18(5)11-15(2)12-19(21)6;1-4-10-16(11-5-1)19(17-12-6-2-7-13-17)18-14-8-3-9-15-18;1-7-5-3-2-4-6-7;;/h9-13H,7-8H2,1-6H3;16-18H,1-15H2;1-6H;1H;/q-1;;;;+1. The van der Waals surface area contributed by atoms with Gasteiger partial charge in [-0.2, -0.15) is 6.67 Å². The molecule has 3 aromatic carbocycles. The van der Waals surface area contributed by atoms with Crippen molar-refractivity contribution >= 4 is 33.6 Å². The molecule has 0 aromatic heterocycles. The van der Waals surface area contributed by atoms with Crippen molar-refractivity contribution in [3.8, 4) is 0 Å². The molecule has 2 nitrogen and oxygen atoms in total. The number of nitrogens with zero attached hydrogens (tertiary/aromatic N) is 2. The minimum atomic E-state index is -0.0765. The number of halogens is 1. The SMILES string of the molecule is C1CCC([PH+](C2CCCCC2)C2CCCCC2)CC1.Cc1cc(C)c(N2[CH-]N(c3c(C)cc(C)cc3C)CC2)c(C)c1.[Cl][Ru]=[CH]c1ccccc1. The van der Waals surface area contributed by atoms with Gasteiger partial charge in [-0.25, -0.2) is 0 Å². The van der Waals surface area contributed by atoms with Gasteiger partial charge in [-0.3, -0.25) is 0 Å². The van der Waals surface area contributed by atoms with E-state index in [1.165, 1.54) is 67.3 Å². The monoisotopic (exact) mass is 815 g/mol. The number of aryl methyl sites for hydroxylation is 6. The van der Waals surface area contributed by atoms with Crippen molar-refractivity contribution in [2.75, 3.05) is 22.9 Å². The summed E-state index contributed by atoms with van der Waals surface area (Å²) in [6, 6.07) is 19.2. The van der Waals surface area contributed by atoms with E-state index in [2.05, 4.69) is 99.0 Å². The Labute approximate surface area is 325 Å². The number of hydrogen-bond acceptors (Lipinski definition) is 2. The van der Waals surface area contributed by atoms with E-state index < -0.39 is 0 Å². The van der Waals surface area contributed by atoms with Crippen LogP contribution in [0.2, 0.25) is 0 Å². The van der Waals surface area contributed by atoms with Gasteiger partial charge in [0.25, 0.3) is 0 Å². The van der Waals surface area contributed by atoms with Gasteiger partial charge in [0, 0.05) is 32.4 Å². The normalized spacial score (nSPS) is 19.4. The van der Waals surface area contributed by atoms with Crippen molar-refractivity contribution in [3.05, 3.63) is 100 Å². The average Bonchev–Trinajstić information content (AvgIpc) is 3.59. The number of benzene rings is 3. The Morgan fingerprint density at radius 2 is 0.922 bits per heavy atom. The Kier molecular flexibility index (Phi) is 16.6. The summed E-state index contributed by atoms with van der Waals surface area (Å²) >= 11 is -0.0765. The Bertz CT molecular complexity index is 1370. The summed E-state index contributed by atoms with van der Waals surface area (Å²) in [5, 5.41) is 0. The Hall–Kier alpha value is -1.53. The number of rotatable bonds is 6. The first-order chi connectivity index (χ1) is 24.7. The fourth-order valence-corrected chi connectivity index (χ4v) is 16.3. The molecule has 3 saturated carbocycles. The van der Waals surface area contributed by atoms with Crippen LogP contribution in [0, 0.1) is 48.2 Å². The molecule has 1 aliphatic heterocycles. The van der Waals surface area contributed by atoms with Crippen molar-refractivity contribution in [2.24, 2.45) is 0 Å². The van der Waals surface area contributed by atoms with Gasteiger partial charge < -0.3 is 9.80 Å². The van der Waals surface area contributed by atoms with Crippen LogP contribution in [-0.2, 0) is 15.7 Å². The van der Waals surface area contributed by atoms with Crippen LogP contribution in [-0.4, -0.2) is 34.7 Å². The van der Waals surface area contributed by atoms with Gasteiger partial charge in [0.2, 0.25) is 0 Å². The molecule has 3 aromatic rings. The molecule has 281 valence electrons. The molecular formula is C46H67ClN2PRu. The number of anilines is 2. The molecule has 0 radical (unpaired) electrons. The second kappa shape index (κ2) is 20.8. The first-order valence-electron chi connectivity index (χ1n) is 20.3. The van der Waals surface area contributed by atoms with Crippen molar-refractivity contribution in [1.29, 1.82) is 0 Å². The van der Waals surface area contributed by atoms with Gasteiger partial charge in [0.1, 0.15) is 0 Å². The average molecular weight is 816 g/mol. The topological polar surface area (TPSA) is 6.48 Å². The molecule has 0 atom stereocenters. The molecule has 0 amide bonds. The van der Waals surface area contributed by atoms with Crippen LogP contribution in [0.25, 0.3) is 0 Å². The molecule has 0 bridgehead atoms. The minimum absolute atomic E-state index is 0.0465. The molecule has 4 fully saturated rings. The first kappa shape index (κ1) is 40.7. The van der Waals surface area contributed by atoms with Gasteiger partial charge in [-0.15, -0.1) is 0 Å². The van der Waals surface area contributed by atoms with Crippen molar-refractivity contribution in [2.45, 2.75) is 155 Å². The fraction of sp³-hybridized carbons (Fsp3) is 0.565. The van der Waals surface area contributed by atoms with Crippen molar-refractivity contribution < 1.29 is 15.7 Å². The van der Waals surface area contributed by atoms with E-state index in [1.807, 2.05) is 18.2 Å². The molecular weight excluding hydrogens is 748 g/mol. The number of hydrogen-bond donors (Lipinski definition) is 0. The van der Waals surface area contributed by atoms with Crippen LogP contribution in [0.15, 0.2) is 54.6 Å². The summed E-state index contributed by atoms with van der Waals surface area (Å²) in [4.78, 5) is 4.81. The second-order valence-electron chi connectivity index (χ2n) is 16.1. The van der Waals surface area contributed by atoms with E-state index in [4.69, 9.17) is 9.69 Å². The van der Waals surface area contributed by atoms with Gasteiger partial charge >= 0.3 is 65.9 Å². The van der Waals surface area contributed by atoms with E-state index in [0.29, 0.717) is 0 Å². The third kappa shape index (κ3) is 11.7. The maximum atomic E-state index is 5.57. The maximum absolute atomic E-state index is 5.57. The zero-order chi connectivity index (χ0) is 36.2. The fourth-order valence-electron chi connectivity index (χ4n) is 9.96. The third-order valence-electron chi connectivity index (χ3n) is 11.9. The molecule has 3 aliphatic carbocycles. The van der Waals surface area contributed by atoms with Crippen LogP contribution in [0.1, 0.15) is 135 Å².